The fourth-order valence-electron chi connectivity index (χ4n) is 8.09. The first-order valence-corrected chi connectivity index (χ1v) is 21.0. The molecule has 3 aromatic rings. The molecule has 6 rings (SSSR count). The number of methoxy groups -OCH3 is 1. The summed E-state index contributed by atoms with van der Waals surface area (Å²) >= 11 is 5.91. The lowest BCUT2D eigenvalue weighted by Gasteiger charge is -2.57. The Labute approximate surface area is 338 Å². The van der Waals surface area contributed by atoms with Gasteiger partial charge < -0.3 is 19.1 Å². The fourth-order valence-corrected chi connectivity index (χ4v) is 10.0. The molecule has 0 radical (unpaired) electrons. The summed E-state index contributed by atoms with van der Waals surface area (Å²) in [5.41, 5.74) is 2.40. The first-order valence-electron chi connectivity index (χ1n) is 19.1. The number of hydrogen-bond acceptors (Lipinski definition) is 11. The van der Waals surface area contributed by atoms with Crippen LogP contribution in [0.2, 0.25) is 5.02 Å². The molecule has 2 N–H and O–H groups in total. The molecular weight excluding hydrogens is 786 g/mol. The zero-order valence-corrected chi connectivity index (χ0v) is 33.8. The molecule has 2 aromatic carbocycles. The summed E-state index contributed by atoms with van der Waals surface area (Å²) < 4.78 is 58.2. The van der Waals surface area contributed by atoms with Gasteiger partial charge in [0.15, 0.2) is 11.6 Å². The summed E-state index contributed by atoms with van der Waals surface area (Å²) in [5.74, 6) is -1.46. The summed E-state index contributed by atoms with van der Waals surface area (Å²) in [6.45, 7) is 4.28. The number of aromatic nitrogens is 1. The third-order valence-corrected chi connectivity index (χ3v) is 13.1. The number of piperidine rings is 1. The second kappa shape index (κ2) is 18.8. The lowest BCUT2D eigenvalue weighted by Crippen LogP contribution is -2.70. The van der Waals surface area contributed by atoms with Crippen molar-refractivity contribution in [1.29, 1.82) is 0 Å². The van der Waals surface area contributed by atoms with Crippen LogP contribution < -0.4 is 9.47 Å². The van der Waals surface area contributed by atoms with Gasteiger partial charge >= 0.3 is 6.09 Å². The molecule has 310 valence electrons. The molecule has 1 saturated carbocycles. The molecule has 17 heteroatoms. The summed E-state index contributed by atoms with van der Waals surface area (Å²) in [7, 11) is 0.260. The normalized spacial score (nSPS) is 23.0. The van der Waals surface area contributed by atoms with Gasteiger partial charge in [0, 0.05) is 58.6 Å². The first kappa shape index (κ1) is 42.7. The molecular formula is C40H49ClF2N4O9S. The number of fused-ring (bicyclic) bond motifs is 2. The van der Waals surface area contributed by atoms with Crippen LogP contribution in [0.5, 0.6) is 11.6 Å². The zero-order chi connectivity index (χ0) is 40.9. The van der Waals surface area contributed by atoms with E-state index in [1.165, 1.54) is 0 Å². The van der Waals surface area contributed by atoms with Gasteiger partial charge in [0.1, 0.15) is 10.8 Å². The topological polar surface area (TPSA) is 151 Å². The molecule has 5 atom stereocenters. The van der Waals surface area contributed by atoms with E-state index >= 15 is 4.79 Å². The van der Waals surface area contributed by atoms with Gasteiger partial charge in [-0.15, -0.1) is 0 Å². The number of halogens is 3. The highest BCUT2D eigenvalue weighted by molar-refractivity contribution is 7.85. The largest absolute Gasteiger partial charge is 0.489 e. The van der Waals surface area contributed by atoms with Gasteiger partial charge in [-0.3, -0.25) is 29.2 Å². The van der Waals surface area contributed by atoms with E-state index in [0.29, 0.717) is 44.5 Å². The Morgan fingerprint density at radius 1 is 1.02 bits per heavy atom. The maximum atomic E-state index is 15.4. The molecule has 3 fully saturated rings. The number of benzene rings is 2. The molecule has 57 heavy (non-hydrogen) atoms. The third kappa shape index (κ3) is 9.69. The zero-order valence-electron chi connectivity index (χ0n) is 32.2. The van der Waals surface area contributed by atoms with E-state index < -0.39 is 51.0 Å². The van der Waals surface area contributed by atoms with Crippen LogP contribution in [0, 0.1) is 24.0 Å². The standard InChI is InChI=1S/C40H49ClF2N4O9S/c1-25-28(16-17-44-37(25)53-3)22-45(29-12-13-29)38(48)40(2)31(21-30-23-57(52)24-34(40)46(30)39(49)55-18-4-5-20-56-47(50)51)27-10-8-26(9-11-27)7-6-19-54-36-33(43)15-14-32(42)35(36)41/h8-11,14-17,29-31,34,50-51H,4-7,12-13,18-24H2,1-3H3. The average Bonchev–Trinajstić information content (AvgIpc) is 4.04. The molecule has 13 nitrogen and oxygen atoms in total. The van der Waals surface area contributed by atoms with Crippen LogP contribution in [0.15, 0.2) is 48.7 Å². The van der Waals surface area contributed by atoms with Crippen molar-refractivity contribution in [3.8, 4) is 11.6 Å². The Morgan fingerprint density at radius 2 is 1.74 bits per heavy atom. The monoisotopic (exact) mass is 834 g/mol. The van der Waals surface area contributed by atoms with Crippen molar-refractivity contribution >= 4 is 34.4 Å². The van der Waals surface area contributed by atoms with E-state index in [2.05, 4.69) is 9.82 Å². The Morgan fingerprint density at radius 3 is 2.44 bits per heavy atom. The smallest absolute Gasteiger partial charge is 0.410 e. The molecule has 1 aromatic heterocycles. The van der Waals surface area contributed by atoms with Crippen LogP contribution in [0.1, 0.15) is 73.6 Å². The predicted molar refractivity (Wildman–Crippen MR) is 205 cm³/mol. The molecule has 0 spiro atoms. The highest BCUT2D eigenvalue weighted by Gasteiger charge is 2.61. The van der Waals surface area contributed by atoms with Crippen LogP contribution in [0.25, 0.3) is 0 Å². The highest BCUT2D eigenvalue weighted by Crippen LogP contribution is 2.53. The molecule has 2 aliphatic heterocycles. The number of amides is 2. The van der Waals surface area contributed by atoms with Gasteiger partial charge in [-0.1, -0.05) is 35.9 Å². The number of pyridine rings is 1. The second-order valence-electron chi connectivity index (χ2n) is 15.0. The van der Waals surface area contributed by atoms with Crippen LogP contribution in [0.4, 0.5) is 13.6 Å². The highest BCUT2D eigenvalue weighted by atomic mass is 35.5. The van der Waals surface area contributed by atoms with E-state index in [4.69, 9.17) is 36.2 Å². The van der Waals surface area contributed by atoms with E-state index in [1.54, 1.807) is 18.2 Å². The molecule has 2 amide bonds. The van der Waals surface area contributed by atoms with Crippen molar-refractivity contribution in [3.63, 3.8) is 0 Å². The number of rotatable bonds is 17. The Hall–Kier alpha value is -3.93. The third-order valence-electron chi connectivity index (χ3n) is 11.3. The summed E-state index contributed by atoms with van der Waals surface area (Å²) in [6, 6.07) is 10.6. The van der Waals surface area contributed by atoms with E-state index in [0.717, 1.165) is 47.2 Å². The fraction of sp³-hybridized carbons (Fsp3) is 0.525. The van der Waals surface area contributed by atoms with Gasteiger partial charge in [-0.05, 0) is 93.7 Å². The van der Waals surface area contributed by atoms with Crippen LogP contribution in [-0.2, 0) is 38.1 Å². The lowest BCUT2D eigenvalue weighted by molar-refractivity contribution is -0.492. The van der Waals surface area contributed by atoms with Crippen molar-refractivity contribution in [1.82, 2.24) is 20.2 Å². The molecule has 3 heterocycles. The van der Waals surface area contributed by atoms with Crippen LogP contribution >= 0.6 is 11.6 Å². The quantitative estimate of drug-likeness (QED) is 0.0844. The lowest BCUT2D eigenvalue weighted by atomic mass is 9.62. The number of nitrogens with zero attached hydrogens (tertiary/aromatic N) is 4. The van der Waals surface area contributed by atoms with Crippen molar-refractivity contribution in [2.24, 2.45) is 5.41 Å². The predicted octanol–water partition coefficient (Wildman–Crippen LogP) is 6.76. The maximum Gasteiger partial charge on any atom is 0.410 e. The first-order chi connectivity index (χ1) is 27.3. The SMILES string of the molecule is COc1nccc(CN(C(=O)C2(C)C(c3ccc(CCCOc4c(F)ccc(F)c4Cl)cc3)CC3CS(=O)CC2N3C(=O)OCCCCON(O)O)C2CC2)c1C. The van der Waals surface area contributed by atoms with Gasteiger partial charge in [0.05, 0.1) is 43.8 Å². The number of carbonyl (C=O) groups excluding carboxylic acids is 2. The maximum absolute atomic E-state index is 15.4. The minimum Gasteiger partial charge on any atom is -0.489 e. The molecule has 2 bridgehead atoms. The number of hydrogen-bond donors (Lipinski definition) is 2. The van der Waals surface area contributed by atoms with E-state index in [1.807, 2.05) is 49.1 Å². The van der Waals surface area contributed by atoms with Crippen LogP contribution in [-0.4, -0.2) is 103 Å². The Bertz CT molecular complexity index is 1920. The second-order valence-corrected chi connectivity index (χ2v) is 16.9. The van der Waals surface area contributed by atoms with Crippen molar-refractivity contribution in [2.75, 3.05) is 38.4 Å². The minimum absolute atomic E-state index is 0.00272. The van der Waals surface area contributed by atoms with Crippen molar-refractivity contribution in [2.45, 2.75) is 89.4 Å². The molecule has 2 saturated heterocycles. The van der Waals surface area contributed by atoms with Gasteiger partial charge in [-0.25, -0.2) is 18.6 Å². The van der Waals surface area contributed by atoms with Gasteiger partial charge in [0.25, 0.3) is 0 Å². The van der Waals surface area contributed by atoms with Gasteiger partial charge in [0.2, 0.25) is 11.8 Å². The average molecular weight is 835 g/mol. The summed E-state index contributed by atoms with van der Waals surface area (Å²) in [4.78, 5) is 41.8. The van der Waals surface area contributed by atoms with Crippen molar-refractivity contribution < 1.29 is 52.0 Å². The van der Waals surface area contributed by atoms with Crippen molar-refractivity contribution in [3.05, 3.63) is 87.6 Å². The molecule has 1 aliphatic carbocycles. The Kier molecular flexibility index (Phi) is 14.0. The minimum atomic E-state index is -1.29. The number of unbranched alkanes of at least 4 members (excludes halogenated alkanes) is 1. The van der Waals surface area contributed by atoms with E-state index in [9.17, 15) is 17.8 Å². The molecule has 3 aliphatic rings. The van der Waals surface area contributed by atoms with Crippen LogP contribution in [0.3, 0.4) is 0 Å². The van der Waals surface area contributed by atoms with E-state index in [-0.39, 0.29) is 60.3 Å². The van der Waals surface area contributed by atoms with Gasteiger partial charge in [-0.2, -0.15) is 0 Å². The number of carbonyl (C=O) groups is 2. The Balaban J connectivity index is 1.26. The summed E-state index contributed by atoms with van der Waals surface area (Å²) in [5, 5.41) is 16.8. The number of ether oxygens (including phenoxy) is 3. The summed E-state index contributed by atoms with van der Waals surface area (Å²) in [6.07, 6.45) is 4.99. The molecule has 5 unspecified atom stereocenters. The number of aryl methyl sites for hydroxylation is 1.